The standard InChI is InChI=1S/C11H13ClN6S/c12-8-7-9(16-10(13)15-8)17-2-4-18(5-3-17)11-14-1-6-19-11/h1,6-7H,2-5H2,(H2,13,15,16). The van der Waals surface area contributed by atoms with E-state index in [1.54, 1.807) is 17.4 Å². The molecule has 1 aliphatic rings. The van der Waals surface area contributed by atoms with Crippen molar-refractivity contribution in [1.82, 2.24) is 15.0 Å². The summed E-state index contributed by atoms with van der Waals surface area (Å²) in [5, 5.41) is 3.44. The van der Waals surface area contributed by atoms with Gasteiger partial charge in [0.15, 0.2) is 5.13 Å². The van der Waals surface area contributed by atoms with E-state index in [0.29, 0.717) is 5.15 Å². The fourth-order valence-corrected chi connectivity index (χ4v) is 2.96. The summed E-state index contributed by atoms with van der Waals surface area (Å²) in [6.45, 7) is 3.56. The molecule has 0 atom stereocenters. The molecule has 0 amide bonds. The average molecular weight is 297 g/mol. The molecule has 2 aromatic heterocycles. The van der Waals surface area contributed by atoms with Crippen molar-refractivity contribution in [3.8, 4) is 0 Å². The zero-order valence-electron chi connectivity index (χ0n) is 10.2. The van der Waals surface area contributed by atoms with Gasteiger partial charge in [-0.1, -0.05) is 11.6 Å². The molecule has 8 heteroatoms. The van der Waals surface area contributed by atoms with E-state index in [0.717, 1.165) is 37.1 Å². The average Bonchev–Trinajstić information content (AvgIpc) is 2.91. The Morgan fingerprint density at radius 2 is 1.89 bits per heavy atom. The minimum atomic E-state index is 0.213. The summed E-state index contributed by atoms with van der Waals surface area (Å²) in [5.41, 5.74) is 5.62. The molecule has 2 aromatic rings. The minimum Gasteiger partial charge on any atom is -0.368 e. The molecular weight excluding hydrogens is 284 g/mol. The van der Waals surface area contributed by atoms with Crippen molar-refractivity contribution in [1.29, 1.82) is 0 Å². The summed E-state index contributed by atoms with van der Waals surface area (Å²) in [6.07, 6.45) is 1.83. The van der Waals surface area contributed by atoms with E-state index < -0.39 is 0 Å². The lowest BCUT2D eigenvalue weighted by Crippen LogP contribution is -2.46. The molecule has 100 valence electrons. The number of nitrogens with zero attached hydrogens (tertiary/aromatic N) is 5. The minimum absolute atomic E-state index is 0.213. The molecule has 1 fully saturated rings. The Bertz CT molecular complexity index is 532. The van der Waals surface area contributed by atoms with Crippen LogP contribution in [-0.2, 0) is 0 Å². The first-order valence-corrected chi connectivity index (χ1v) is 7.17. The van der Waals surface area contributed by atoms with Crippen LogP contribution in [0.5, 0.6) is 0 Å². The highest BCUT2D eigenvalue weighted by molar-refractivity contribution is 7.13. The van der Waals surface area contributed by atoms with Gasteiger partial charge < -0.3 is 15.5 Å². The highest BCUT2D eigenvalue weighted by Crippen LogP contribution is 2.22. The lowest BCUT2D eigenvalue weighted by molar-refractivity contribution is 0.646. The zero-order chi connectivity index (χ0) is 13.2. The molecule has 3 rings (SSSR count). The largest absolute Gasteiger partial charge is 0.368 e. The number of anilines is 3. The fraction of sp³-hybridized carbons (Fsp3) is 0.364. The Kier molecular flexibility index (Phi) is 3.39. The summed E-state index contributed by atoms with van der Waals surface area (Å²) < 4.78 is 0. The molecule has 6 nitrogen and oxygen atoms in total. The number of rotatable bonds is 2. The van der Waals surface area contributed by atoms with Gasteiger partial charge in [0, 0.05) is 43.8 Å². The van der Waals surface area contributed by atoms with Gasteiger partial charge in [-0.05, 0) is 0 Å². The van der Waals surface area contributed by atoms with Crippen LogP contribution in [0, 0.1) is 0 Å². The highest BCUT2D eigenvalue weighted by atomic mass is 35.5. The number of nitrogens with two attached hydrogens (primary N) is 1. The van der Waals surface area contributed by atoms with E-state index in [9.17, 15) is 0 Å². The fourth-order valence-electron chi connectivity index (χ4n) is 2.08. The van der Waals surface area contributed by atoms with Crippen molar-refractivity contribution < 1.29 is 0 Å². The Hall–Kier alpha value is -1.60. The summed E-state index contributed by atoms with van der Waals surface area (Å²) in [4.78, 5) is 16.9. The first kappa shape index (κ1) is 12.4. The van der Waals surface area contributed by atoms with Gasteiger partial charge in [0.1, 0.15) is 11.0 Å². The molecule has 19 heavy (non-hydrogen) atoms. The second-order valence-corrected chi connectivity index (χ2v) is 5.46. The molecule has 0 aromatic carbocycles. The topological polar surface area (TPSA) is 71.2 Å². The van der Waals surface area contributed by atoms with Crippen LogP contribution in [0.1, 0.15) is 0 Å². The SMILES string of the molecule is Nc1nc(Cl)cc(N2CCN(c3nccs3)CC2)n1. The van der Waals surface area contributed by atoms with Crippen molar-refractivity contribution in [2.24, 2.45) is 0 Å². The van der Waals surface area contributed by atoms with Crippen LogP contribution in [0.25, 0.3) is 0 Å². The van der Waals surface area contributed by atoms with E-state index >= 15 is 0 Å². The first-order chi connectivity index (χ1) is 9.22. The lowest BCUT2D eigenvalue weighted by Gasteiger charge is -2.35. The molecule has 0 saturated carbocycles. The molecule has 0 aliphatic carbocycles. The molecule has 0 radical (unpaired) electrons. The third-order valence-electron chi connectivity index (χ3n) is 2.99. The second kappa shape index (κ2) is 5.18. The number of piperazine rings is 1. The van der Waals surface area contributed by atoms with E-state index in [1.165, 1.54) is 0 Å². The van der Waals surface area contributed by atoms with Gasteiger partial charge in [-0.25, -0.2) is 9.97 Å². The first-order valence-electron chi connectivity index (χ1n) is 5.92. The van der Waals surface area contributed by atoms with Gasteiger partial charge >= 0.3 is 0 Å². The Morgan fingerprint density at radius 3 is 2.53 bits per heavy atom. The number of halogens is 1. The number of nitrogen functional groups attached to an aromatic ring is 1. The third-order valence-corrected chi connectivity index (χ3v) is 4.02. The van der Waals surface area contributed by atoms with Gasteiger partial charge in [0.25, 0.3) is 0 Å². The van der Waals surface area contributed by atoms with E-state index in [2.05, 4.69) is 24.8 Å². The summed E-state index contributed by atoms with van der Waals surface area (Å²) >= 11 is 7.56. The Balaban J connectivity index is 1.70. The van der Waals surface area contributed by atoms with Crippen LogP contribution in [-0.4, -0.2) is 41.1 Å². The molecule has 0 spiro atoms. The van der Waals surface area contributed by atoms with Gasteiger partial charge in [-0.2, -0.15) is 4.98 Å². The van der Waals surface area contributed by atoms with Crippen molar-refractivity contribution in [2.75, 3.05) is 41.7 Å². The van der Waals surface area contributed by atoms with Crippen molar-refractivity contribution in [3.63, 3.8) is 0 Å². The van der Waals surface area contributed by atoms with Crippen molar-refractivity contribution >= 4 is 39.8 Å². The monoisotopic (exact) mass is 296 g/mol. The second-order valence-electron chi connectivity index (χ2n) is 4.20. The van der Waals surface area contributed by atoms with Crippen LogP contribution in [0.4, 0.5) is 16.9 Å². The summed E-state index contributed by atoms with van der Waals surface area (Å²) in [7, 11) is 0. The van der Waals surface area contributed by atoms with E-state index in [-0.39, 0.29) is 5.95 Å². The number of aromatic nitrogens is 3. The normalized spacial score (nSPS) is 15.8. The molecule has 3 heterocycles. The van der Waals surface area contributed by atoms with Crippen LogP contribution in [0.3, 0.4) is 0 Å². The van der Waals surface area contributed by atoms with Crippen LogP contribution in [0.15, 0.2) is 17.6 Å². The molecule has 0 unspecified atom stereocenters. The maximum absolute atomic E-state index is 5.90. The molecule has 0 bridgehead atoms. The van der Waals surface area contributed by atoms with Gasteiger partial charge in [0.2, 0.25) is 5.95 Å². The predicted octanol–water partition coefficient (Wildman–Crippen LogP) is 1.50. The van der Waals surface area contributed by atoms with Gasteiger partial charge in [-0.15, -0.1) is 11.3 Å². The van der Waals surface area contributed by atoms with Gasteiger partial charge in [-0.3, -0.25) is 0 Å². The number of thiazole rings is 1. The summed E-state index contributed by atoms with van der Waals surface area (Å²) in [5.74, 6) is 1.00. The molecule has 1 aliphatic heterocycles. The summed E-state index contributed by atoms with van der Waals surface area (Å²) in [6, 6.07) is 1.75. The van der Waals surface area contributed by atoms with Crippen LogP contribution < -0.4 is 15.5 Å². The van der Waals surface area contributed by atoms with Gasteiger partial charge in [0.05, 0.1) is 0 Å². The third kappa shape index (κ3) is 2.71. The zero-order valence-corrected chi connectivity index (χ0v) is 11.7. The Morgan fingerprint density at radius 1 is 1.16 bits per heavy atom. The van der Waals surface area contributed by atoms with E-state index in [1.807, 2.05) is 11.6 Å². The van der Waals surface area contributed by atoms with Crippen LogP contribution >= 0.6 is 22.9 Å². The van der Waals surface area contributed by atoms with Crippen molar-refractivity contribution in [3.05, 3.63) is 22.8 Å². The van der Waals surface area contributed by atoms with Crippen LogP contribution in [0.2, 0.25) is 5.15 Å². The number of hydrogen-bond acceptors (Lipinski definition) is 7. The van der Waals surface area contributed by atoms with Crippen molar-refractivity contribution in [2.45, 2.75) is 0 Å². The van der Waals surface area contributed by atoms with E-state index in [4.69, 9.17) is 17.3 Å². The maximum atomic E-state index is 5.90. The predicted molar refractivity (Wildman–Crippen MR) is 78.0 cm³/mol. The lowest BCUT2D eigenvalue weighted by atomic mass is 10.3. The Labute approximate surface area is 119 Å². The number of hydrogen-bond donors (Lipinski definition) is 1. The smallest absolute Gasteiger partial charge is 0.223 e. The molecule has 2 N–H and O–H groups in total. The highest BCUT2D eigenvalue weighted by Gasteiger charge is 2.20. The quantitative estimate of drug-likeness (QED) is 0.847. The molecular formula is C11H13ClN6S. The maximum Gasteiger partial charge on any atom is 0.223 e. The molecule has 1 saturated heterocycles.